The van der Waals surface area contributed by atoms with Crippen molar-refractivity contribution in [3.63, 3.8) is 0 Å². The molecule has 2 aromatic carbocycles. The fourth-order valence-corrected chi connectivity index (χ4v) is 2.93. The lowest BCUT2D eigenvalue weighted by atomic mass is 10.1. The van der Waals surface area contributed by atoms with Crippen LogP contribution in [-0.2, 0) is 13.1 Å². The van der Waals surface area contributed by atoms with Gasteiger partial charge in [0, 0.05) is 5.56 Å². The van der Waals surface area contributed by atoms with Crippen LogP contribution in [0.25, 0.3) is 0 Å². The Morgan fingerprint density at radius 3 is 2.32 bits per heavy atom. The maximum atomic E-state index is 5.45. The van der Waals surface area contributed by atoms with Crippen molar-refractivity contribution in [2.45, 2.75) is 13.1 Å². The predicted octanol–water partition coefficient (Wildman–Crippen LogP) is 2.74. The van der Waals surface area contributed by atoms with Crippen LogP contribution in [0.1, 0.15) is 11.1 Å². The molecule has 0 atom stereocenters. The van der Waals surface area contributed by atoms with E-state index in [1.54, 1.807) is 21.3 Å². The Hall–Kier alpha value is -1.72. The second-order valence-electron chi connectivity index (χ2n) is 4.82. The van der Waals surface area contributed by atoms with Gasteiger partial charge in [0.15, 0.2) is 11.5 Å². The van der Waals surface area contributed by atoms with Crippen molar-refractivity contribution in [2.75, 3.05) is 21.3 Å². The molecule has 0 aliphatic rings. The van der Waals surface area contributed by atoms with Gasteiger partial charge in [-0.15, -0.1) is 0 Å². The number of ether oxygens (including phenoxy) is 3. The summed E-state index contributed by atoms with van der Waals surface area (Å²) in [5.41, 5.74) is 2.35. The summed E-state index contributed by atoms with van der Waals surface area (Å²) in [6.45, 7) is 1.70. The molecule has 0 aliphatic carbocycles. The van der Waals surface area contributed by atoms with Crippen molar-refractivity contribution >= 4 is 15.9 Å². The van der Waals surface area contributed by atoms with Crippen LogP contribution >= 0.6 is 15.9 Å². The number of para-hydroxylation sites is 1. The largest absolute Gasteiger partial charge is 0.496 e. The van der Waals surface area contributed by atoms with Gasteiger partial charge in [-0.3, -0.25) is 0 Å². The summed E-state index contributed by atoms with van der Waals surface area (Å²) in [5.74, 6) is 2.41. The molecule has 0 saturated carbocycles. The Balaban J connectivity index is 2.01. The molecule has 118 valence electrons. The van der Waals surface area contributed by atoms with Gasteiger partial charge in [0.2, 0.25) is 0 Å². The Labute approximate surface area is 139 Å². The number of quaternary nitrogens is 1. The number of halogens is 1. The molecule has 0 fully saturated rings. The fourth-order valence-electron chi connectivity index (χ4n) is 2.35. The maximum absolute atomic E-state index is 5.45. The minimum Gasteiger partial charge on any atom is -0.496 e. The highest BCUT2D eigenvalue weighted by molar-refractivity contribution is 9.10. The molecule has 0 aliphatic heterocycles. The zero-order chi connectivity index (χ0) is 15.9. The average molecular weight is 367 g/mol. The second kappa shape index (κ2) is 8.06. The number of benzene rings is 2. The number of hydrogen-bond donors (Lipinski definition) is 1. The number of methoxy groups -OCH3 is 3. The van der Waals surface area contributed by atoms with E-state index in [-0.39, 0.29) is 0 Å². The van der Waals surface area contributed by atoms with Gasteiger partial charge in [-0.2, -0.15) is 0 Å². The molecule has 2 N–H and O–H groups in total. The smallest absolute Gasteiger partial charge is 0.169 e. The van der Waals surface area contributed by atoms with Crippen molar-refractivity contribution in [1.82, 2.24) is 0 Å². The van der Waals surface area contributed by atoms with E-state index in [4.69, 9.17) is 14.2 Å². The molecule has 0 amide bonds. The fraction of sp³-hybridized carbons (Fsp3) is 0.294. The molecule has 0 heterocycles. The van der Waals surface area contributed by atoms with Gasteiger partial charge in [0.05, 0.1) is 31.4 Å². The summed E-state index contributed by atoms with van der Waals surface area (Å²) in [7, 11) is 4.99. The van der Waals surface area contributed by atoms with Gasteiger partial charge < -0.3 is 19.5 Å². The molecule has 2 rings (SSSR count). The summed E-state index contributed by atoms with van der Waals surface area (Å²) in [6, 6.07) is 12.1. The van der Waals surface area contributed by atoms with Crippen molar-refractivity contribution in [1.29, 1.82) is 0 Å². The highest BCUT2D eigenvalue weighted by atomic mass is 79.9. The minimum atomic E-state index is 0.764. The summed E-state index contributed by atoms with van der Waals surface area (Å²) in [4.78, 5) is 0. The standard InChI is InChI=1S/C17H20BrNO3/c1-20-15-8-7-12(9-14(15)18)10-19-11-13-5-4-6-16(21-2)17(13)22-3/h4-9,19H,10-11H2,1-3H3/p+1. The van der Waals surface area contributed by atoms with Crippen LogP contribution in [0.15, 0.2) is 40.9 Å². The van der Waals surface area contributed by atoms with Gasteiger partial charge in [-0.05, 0) is 46.3 Å². The van der Waals surface area contributed by atoms with Gasteiger partial charge in [0.1, 0.15) is 18.8 Å². The SMILES string of the molecule is COc1ccc(C[NH2+]Cc2cccc(OC)c2OC)cc1Br. The number of rotatable bonds is 7. The zero-order valence-corrected chi connectivity index (χ0v) is 14.6. The van der Waals surface area contributed by atoms with Crippen LogP contribution in [0.5, 0.6) is 17.2 Å². The third kappa shape index (κ3) is 3.93. The van der Waals surface area contributed by atoms with Gasteiger partial charge in [0.25, 0.3) is 0 Å². The normalized spacial score (nSPS) is 10.4. The summed E-state index contributed by atoms with van der Waals surface area (Å²) in [5, 5.41) is 2.23. The Morgan fingerprint density at radius 2 is 1.68 bits per heavy atom. The molecular weight excluding hydrogens is 346 g/mol. The van der Waals surface area contributed by atoms with Crippen LogP contribution < -0.4 is 19.5 Å². The van der Waals surface area contributed by atoms with Gasteiger partial charge in [-0.25, -0.2) is 0 Å². The van der Waals surface area contributed by atoms with E-state index in [2.05, 4.69) is 39.4 Å². The summed E-state index contributed by atoms with van der Waals surface area (Å²) < 4.78 is 17.0. The summed E-state index contributed by atoms with van der Waals surface area (Å²) >= 11 is 3.51. The first-order chi connectivity index (χ1) is 10.7. The Kier molecular flexibility index (Phi) is 6.10. The van der Waals surface area contributed by atoms with Crippen LogP contribution in [0.3, 0.4) is 0 Å². The van der Waals surface area contributed by atoms with Crippen LogP contribution in [0.4, 0.5) is 0 Å². The molecule has 2 aromatic rings. The Bertz CT molecular complexity index is 631. The molecule has 0 aromatic heterocycles. The van der Waals surface area contributed by atoms with Crippen molar-refractivity contribution in [3.8, 4) is 17.2 Å². The van der Waals surface area contributed by atoms with Crippen LogP contribution in [0, 0.1) is 0 Å². The van der Waals surface area contributed by atoms with E-state index in [0.29, 0.717) is 0 Å². The quantitative estimate of drug-likeness (QED) is 0.819. The lowest BCUT2D eigenvalue weighted by molar-refractivity contribution is -0.686. The highest BCUT2D eigenvalue weighted by Gasteiger charge is 2.11. The predicted molar refractivity (Wildman–Crippen MR) is 89.6 cm³/mol. The lowest BCUT2D eigenvalue weighted by Crippen LogP contribution is -2.80. The van der Waals surface area contributed by atoms with Gasteiger partial charge >= 0.3 is 0 Å². The first-order valence-corrected chi connectivity index (χ1v) is 7.82. The molecular formula is C17H21BrNO3+. The van der Waals surface area contributed by atoms with Crippen LogP contribution in [0.2, 0.25) is 0 Å². The monoisotopic (exact) mass is 366 g/mol. The molecule has 4 nitrogen and oxygen atoms in total. The summed E-state index contributed by atoms with van der Waals surface area (Å²) in [6.07, 6.45) is 0. The number of nitrogens with two attached hydrogens (primary N) is 1. The molecule has 0 radical (unpaired) electrons. The van der Waals surface area contributed by atoms with E-state index in [1.165, 1.54) is 5.56 Å². The first-order valence-electron chi connectivity index (χ1n) is 7.03. The number of hydrogen-bond acceptors (Lipinski definition) is 3. The lowest BCUT2D eigenvalue weighted by Gasteiger charge is -2.12. The van der Waals surface area contributed by atoms with E-state index in [0.717, 1.165) is 40.4 Å². The molecule has 0 bridgehead atoms. The molecule has 5 heteroatoms. The molecule has 22 heavy (non-hydrogen) atoms. The Morgan fingerprint density at radius 1 is 0.909 bits per heavy atom. The third-order valence-corrected chi connectivity index (χ3v) is 4.06. The van der Waals surface area contributed by atoms with E-state index in [1.807, 2.05) is 18.2 Å². The van der Waals surface area contributed by atoms with E-state index >= 15 is 0 Å². The average Bonchev–Trinajstić information content (AvgIpc) is 2.54. The second-order valence-corrected chi connectivity index (χ2v) is 5.67. The zero-order valence-electron chi connectivity index (χ0n) is 13.1. The highest BCUT2D eigenvalue weighted by Crippen LogP contribution is 2.30. The third-order valence-electron chi connectivity index (χ3n) is 3.44. The van der Waals surface area contributed by atoms with Gasteiger partial charge in [-0.1, -0.05) is 6.07 Å². The first kappa shape index (κ1) is 16.6. The maximum Gasteiger partial charge on any atom is 0.169 e. The molecule has 0 spiro atoms. The van der Waals surface area contributed by atoms with E-state index in [9.17, 15) is 0 Å². The van der Waals surface area contributed by atoms with E-state index < -0.39 is 0 Å². The van der Waals surface area contributed by atoms with Crippen LogP contribution in [-0.4, -0.2) is 21.3 Å². The van der Waals surface area contributed by atoms with Crippen molar-refractivity contribution in [3.05, 3.63) is 52.0 Å². The topological polar surface area (TPSA) is 44.3 Å². The molecule has 0 saturated heterocycles. The van der Waals surface area contributed by atoms with Crippen molar-refractivity contribution in [2.24, 2.45) is 0 Å². The minimum absolute atomic E-state index is 0.764. The van der Waals surface area contributed by atoms with Crippen molar-refractivity contribution < 1.29 is 19.5 Å². The molecule has 0 unspecified atom stereocenters.